The molecule has 5 heteroatoms. The third-order valence-electron chi connectivity index (χ3n) is 3.04. The molecule has 1 heterocycles. The van der Waals surface area contributed by atoms with Crippen LogP contribution < -0.4 is 5.32 Å². The van der Waals surface area contributed by atoms with Crippen molar-refractivity contribution in [1.82, 2.24) is 4.98 Å². The topological polar surface area (TPSA) is 42.0 Å². The number of benzene rings is 1. The summed E-state index contributed by atoms with van der Waals surface area (Å²) < 4.78 is 0. The second-order valence-electron chi connectivity index (χ2n) is 5.20. The first-order valence-corrected chi connectivity index (χ1v) is 7.37. The number of halogens is 2. The Morgan fingerprint density at radius 1 is 1.19 bits per heavy atom. The number of nitrogens with zero attached hydrogens (tertiary/aromatic N) is 1. The quantitative estimate of drug-likeness (QED) is 0.801. The van der Waals surface area contributed by atoms with E-state index in [0.717, 1.165) is 11.3 Å². The van der Waals surface area contributed by atoms with Crippen molar-refractivity contribution in [3.8, 4) is 0 Å². The van der Waals surface area contributed by atoms with E-state index in [1.165, 1.54) is 0 Å². The zero-order valence-electron chi connectivity index (χ0n) is 12.1. The van der Waals surface area contributed by atoms with Gasteiger partial charge in [0, 0.05) is 11.3 Å². The van der Waals surface area contributed by atoms with Crippen molar-refractivity contribution in [3.05, 3.63) is 57.3 Å². The van der Waals surface area contributed by atoms with Gasteiger partial charge in [0.2, 0.25) is 0 Å². The largest absolute Gasteiger partial charge is 0.321 e. The Morgan fingerprint density at radius 2 is 1.90 bits per heavy atom. The molecule has 0 unspecified atom stereocenters. The van der Waals surface area contributed by atoms with Gasteiger partial charge in [0.25, 0.3) is 5.91 Å². The average molecular weight is 323 g/mol. The van der Waals surface area contributed by atoms with Crippen LogP contribution in [0.1, 0.15) is 41.4 Å². The number of rotatable bonds is 3. The summed E-state index contributed by atoms with van der Waals surface area (Å²) in [5, 5.41) is 3.60. The smallest absolute Gasteiger partial charge is 0.255 e. The van der Waals surface area contributed by atoms with Gasteiger partial charge in [-0.25, -0.2) is 4.98 Å². The highest BCUT2D eigenvalue weighted by Crippen LogP contribution is 2.24. The van der Waals surface area contributed by atoms with Crippen LogP contribution in [0.4, 0.5) is 5.69 Å². The van der Waals surface area contributed by atoms with E-state index in [-0.39, 0.29) is 11.8 Å². The zero-order valence-corrected chi connectivity index (χ0v) is 13.6. The molecule has 0 radical (unpaired) electrons. The summed E-state index contributed by atoms with van der Waals surface area (Å²) in [6, 6.07) is 8.76. The van der Waals surface area contributed by atoms with Crippen LogP contribution in [0.3, 0.4) is 0 Å². The van der Waals surface area contributed by atoms with Crippen LogP contribution in [0.25, 0.3) is 0 Å². The summed E-state index contributed by atoms with van der Waals surface area (Å²) in [5.41, 5.74) is 2.86. The lowest BCUT2D eigenvalue weighted by Crippen LogP contribution is -2.13. The average Bonchev–Trinajstić information content (AvgIpc) is 2.41. The Morgan fingerprint density at radius 3 is 2.52 bits per heavy atom. The highest BCUT2D eigenvalue weighted by Gasteiger charge is 2.12. The van der Waals surface area contributed by atoms with E-state index >= 15 is 0 Å². The van der Waals surface area contributed by atoms with Crippen LogP contribution in [-0.2, 0) is 0 Å². The lowest BCUT2D eigenvalue weighted by Gasteiger charge is -2.10. The Balaban J connectivity index is 2.28. The van der Waals surface area contributed by atoms with E-state index in [1.807, 2.05) is 26.8 Å². The zero-order chi connectivity index (χ0) is 15.6. The van der Waals surface area contributed by atoms with E-state index < -0.39 is 0 Å². The molecule has 0 fully saturated rings. The Kier molecular flexibility index (Phi) is 4.86. The lowest BCUT2D eigenvalue weighted by atomic mass is 10.1. The molecule has 0 aliphatic carbocycles. The number of carbonyl (C=O) groups is 1. The van der Waals surface area contributed by atoms with Crippen molar-refractivity contribution in [2.75, 3.05) is 5.32 Å². The van der Waals surface area contributed by atoms with Gasteiger partial charge < -0.3 is 5.32 Å². The third-order valence-corrected chi connectivity index (χ3v) is 3.55. The van der Waals surface area contributed by atoms with E-state index in [1.54, 1.807) is 24.3 Å². The van der Waals surface area contributed by atoms with Crippen LogP contribution in [0, 0.1) is 6.92 Å². The minimum atomic E-state index is -0.257. The maximum atomic E-state index is 12.3. The van der Waals surface area contributed by atoms with Crippen LogP contribution in [-0.4, -0.2) is 10.9 Å². The Bertz CT molecular complexity index is 684. The molecule has 0 aliphatic rings. The molecular formula is C16H16Cl2N2O. The molecule has 0 aliphatic heterocycles. The first-order chi connectivity index (χ1) is 9.86. The molecule has 0 bridgehead atoms. The lowest BCUT2D eigenvalue weighted by molar-refractivity contribution is 0.102. The summed E-state index contributed by atoms with van der Waals surface area (Å²) in [7, 11) is 0. The number of pyridine rings is 1. The molecular weight excluding hydrogens is 307 g/mol. The molecule has 1 amide bonds. The molecule has 2 rings (SSSR count). The number of hydrogen-bond donors (Lipinski definition) is 1. The molecule has 0 atom stereocenters. The normalized spacial score (nSPS) is 10.8. The molecule has 2 aromatic rings. The van der Waals surface area contributed by atoms with Gasteiger partial charge in [0.05, 0.1) is 10.7 Å². The molecule has 21 heavy (non-hydrogen) atoms. The van der Waals surface area contributed by atoms with Crippen molar-refractivity contribution < 1.29 is 4.79 Å². The monoisotopic (exact) mass is 322 g/mol. The third kappa shape index (κ3) is 3.96. The van der Waals surface area contributed by atoms with Crippen LogP contribution in [0.15, 0.2) is 30.3 Å². The van der Waals surface area contributed by atoms with Gasteiger partial charge in [-0.2, -0.15) is 0 Å². The second-order valence-corrected chi connectivity index (χ2v) is 5.99. The van der Waals surface area contributed by atoms with E-state index in [0.29, 0.717) is 21.4 Å². The highest BCUT2D eigenvalue weighted by atomic mass is 35.5. The van der Waals surface area contributed by atoms with Gasteiger partial charge >= 0.3 is 0 Å². The summed E-state index contributed by atoms with van der Waals surface area (Å²) in [6.45, 7) is 5.93. The van der Waals surface area contributed by atoms with Crippen molar-refractivity contribution >= 4 is 34.8 Å². The maximum absolute atomic E-state index is 12.3. The van der Waals surface area contributed by atoms with Crippen LogP contribution >= 0.6 is 23.2 Å². The van der Waals surface area contributed by atoms with Crippen LogP contribution in [0.5, 0.6) is 0 Å². The molecule has 0 spiro atoms. The SMILES string of the molecule is Cc1ccc(NC(=O)c2cc(Cl)nc(C(C)C)c2)c(Cl)c1. The number of nitrogens with one attached hydrogen (secondary N) is 1. The number of aryl methyl sites for hydroxylation is 1. The number of anilines is 1. The van der Waals surface area contributed by atoms with Gasteiger partial charge in [-0.1, -0.05) is 43.1 Å². The summed E-state index contributed by atoms with van der Waals surface area (Å²) in [5.74, 6) is -0.0647. The predicted octanol–water partition coefficient (Wildman–Crippen LogP) is 5.07. The first-order valence-electron chi connectivity index (χ1n) is 6.62. The molecule has 3 nitrogen and oxygen atoms in total. The Labute approximate surface area is 134 Å². The second kappa shape index (κ2) is 6.46. The number of amides is 1. The standard InChI is InChI=1S/C16H16Cl2N2O/c1-9(2)14-7-11(8-15(18)19-14)16(21)20-13-5-4-10(3)6-12(13)17/h4-9H,1-3H3,(H,20,21). The van der Waals surface area contributed by atoms with Crippen molar-refractivity contribution in [3.63, 3.8) is 0 Å². The summed E-state index contributed by atoms with van der Waals surface area (Å²) >= 11 is 12.1. The fraction of sp³-hybridized carbons (Fsp3) is 0.250. The minimum Gasteiger partial charge on any atom is -0.321 e. The van der Waals surface area contributed by atoms with Gasteiger partial charge in [-0.05, 0) is 42.7 Å². The minimum absolute atomic E-state index is 0.193. The van der Waals surface area contributed by atoms with Crippen molar-refractivity contribution in [1.29, 1.82) is 0 Å². The summed E-state index contributed by atoms with van der Waals surface area (Å²) in [4.78, 5) is 16.5. The van der Waals surface area contributed by atoms with Crippen molar-refractivity contribution in [2.24, 2.45) is 0 Å². The molecule has 0 saturated heterocycles. The number of aromatic nitrogens is 1. The maximum Gasteiger partial charge on any atom is 0.255 e. The number of carbonyl (C=O) groups excluding carboxylic acids is 1. The predicted molar refractivity (Wildman–Crippen MR) is 87.5 cm³/mol. The molecule has 1 aromatic heterocycles. The molecule has 110 valence electrons. The van der Waals surface area contributed by atoms with Crippen LogP contribution in [0.2, 0.25) is 10.2 Å². The van der Waals surface area contributed by atoms with Gasteiger partial charge in [-0.3, -0.25) is 4.79 Å². The van der Waals surface area contributed by atoms with Gasteiger partial charge in [0.1, 0.15) is 5.15 Å². The van der Waals surface area contributed by atoms with Crippen molar-refractivity contribution in [2.45, 2.75) is 26.7 Å². The fourth-order valence-corrected chi connectivity index (χ4v) is 2.36. The first kappa shape index (κ1) is 15.8. The molecule has 0 saturated carbocycles. The highest BCUT2D eigenvalue weighted by molar-refractivity contribution is 6.34. The van der Waals surface area contributed by atoms with Gasteiger partial charge in [-0.15, -0.1) is 0 Å². The molecule has 1 aromatic carbocycles. The Hall–Kier alpha value is -1.58. The van der Waals surface area contributed by atoms with E-state index in [9.17, 15) is 4.79 Å². The fourth-order valence-electron chi connectivity index (χ4n) is 1.86. The van der Waals surface area contributed by atoms with E-state index in [4.69, 9.17) is 23.2 Å². The van der Waals surface area contributed by atoms with E-state index in [2.05, 4.69) is 10.3 Å². The molecule has 1 N–H and O–H groups in total. The summed E-state index contributed by atoms with van der Waals surface area (Å²) in [6.07, 6.45) is 0. The number of hydrogen-bond acceptors (Lipinski definition) is 2. The van der Waals surface area contributed by atoms with Gasteiger partial charge in [0.15, 0.2) is 0 Å².